The maximum atomic E-state index is 12.6. The largest absolute Gasteiger partial charge is 0.386 e. The lowest BCUT2D eigenvalue weighted by atomic mass is 9.94. The molecule has 0 unspecified atom stereocenters. The number of benzene rings is 2. The Kier molecular flexibility index (Phi) is 7.88. The molecule has 0 radical (unpaired) electrons. The number of aryl methyl sites for hydroxylation is 1. The Bertz CT molecular complexity index is 833. The second-order valence-electron chi connectivity index (χ2n) is 7.93. The van der Waals surface area contributed by atoms with Gasteiger partial charge in [-0.05, 0) is 49.4 Å². The molecule has 5 nitrogen and oxygen atoms in total. The Morgan fingerprint density at radius 3 is 2.37 bits per heavy atom. The Hall–Kier alpha value is -2.37. The van der Waals surface area contributed by atoms with Crippen LogP contribution in [-0.4, -0.2) is 41.0 Å². The van der Waals surface area contributed by atoms with Gasteiger partial charge in [0.1, 0.15) is 0 Å². The van der Waals surface area contributed by atoms with Crippen molar-refractivity contribution < 1.29 is 14.7 Å². The van der Waals surface area contributed by atoms with Gasteiger partial charge in [0.25, 0.3) is 0 Å². The van der Waals surface area contributed by atoms with Crippen molar-refractivity contribution in [3.63, 3.8) is 0 Å². The number of carbonyl (C=O) groups is 2. The monoisotopic (exact) mass is 428 g/mol. The van der Waals surface area contributed by atoms with Gasteiger partial charge >= 0.3 is 0 Å². The molecule has 6 heteroatoms. The predicted octanol–water partition coefficient (Wildman–Crippen LogP) is 3.75. The zero-order valence-corrected chi connectivity index (χ0v) is 18.0. The van der Waals surface area contributed by atoms with Crippen LogP contribution >= 0.6 is 11.6 Å². The van der Waals surface area contributed by atoms with Gasteiger partial charge in [0, 0.05) is 30.5 Å². The number of hydrogen-bond acceptors (Lipinski definition) is 3. The van der Waals surface area contributed by atoms with Crippen LogP contribution in [0, 0.1) is 5.92 Å². The number of aliphatic hydroxyl groups is 1. The van der Waals surface area contributed by atoms with E-state index >= 15 is 0 Å². The minimum Gasteiger partial charge on any atom is -0.386 e. The van der Waals surface area contributed by atoms with Gasteiger partial charge in [-0.25, -0.2) is 0 Å². The second kappa shape index (κ2) is 10.6. The third kappa shape index (κ3) is 6.07. The highest BCUT2D eigenvalue weighted by Crippen LogP contribution is 2.22. The zero-order chi connectivity index (χ0) is 21.5. The van der Waals surface area contributed by atoms with E-state index in [0.29, 0.717) is 42.9 Å². The molecule has 0 aromatic heterocycles. The summed E-state index contributed by atoms with van der Waals surface area (Å²) in [7, 11) is 0. The molecule has 0 saturated carbocycles. The zero-order valence-electron chi connectivity index (χ0n) is 17.3. The van der Waals surface area contributed by atoms with E-state index in [1.807, 2.05) is 35.2 Å². The number of halogens is 1. The Labute approximate surface area is 183 Å². The molecule has 1 aliphatic rings. The maximum Gasteiger partial charge on any atom is 0.223 e. The summed E-state index contributed by atoms with van der Waals surface area (Å²) in [5.74, 6) is -0.0563. The van der Waals surface area contributed by atoms with Crippen LogP contribution in [-0.2, 0) is 16.0 Å². The fraction of sp³-hybridized carbons (Fsp3) is 0.417. The van der Waals surface area contributed by atoms with E-state index in [0.717, 1.165) is 12.0 Å². The Morgan fingerprint density at radius 2 is 1.73 bits per heavy atom. The highest BCUT2D eigenvalue weighted by Gasteiger charge is 2.29. The standard InChI is InChI=1S/C24H29ClN2O3/c1-17(23(29)19-8-10-21(25)11-9-19)26-24(30)20-13-15-27(16-14-20)22(28)12-7-18-5-3-2-4-6-18/h2-6,8-11,17,20,23,29H,7,12-16H2,1H3,(H,26,30)/t17-,23+/m0/s1. The van der Waals surface area contributed by atoms with Crippen LogP contribution in [0.4, 0.5) is 0 Å². The van der Waals surface area contributed by atoms with E-state index in [2.05, 4.69) is 5.32 Å². The summed E-state index contributed by atoms with van der Waals surface area (Å²) in [5, 5.41) is 14.0. The molecule has 1 saturated heterocycles. The Morgan fingerprint density at radius 1 is 1.10 bits per heavy atom. The summed E-state index contributed by atoms with van der Waals surface area (Å²) in [6.07, 6.45) is 1.72. The molecular weight excluding hydrogens is 400 g/mol. The van der Waals surface area contributed by atoms with Gasteiger partial charge in [0.15, 0.2) is 0 Å². The minimum atomic E-state index is -0.800. The number of carbonyl (C=O) groups excluding carboxylic acids is 2. The van der Waals surface area contributed by atoms with E-state index in [1.54, 1.807) is 31.2 Å². The van der Waals surface area contributed by atoms with Crippen LogP contribution < -0.4 is 5.32 Å². The van der Waals surface area contributed by atoms with E-state index in [4.69, 9.17) is 11.6 Å². The number of likely N-dealkylation sites (tertiary alicyclic amines) is 1. The fourth-order valence-electron chi connectivity index (χ4n) is 3.81. The Balaban J connectivity index is 1.43. The van der Waals surface area contributed by atoms with Crippen molar-refractivity contribution in [3.05, 3.63) is 70.7 Å². The predicted molar refractivity (Wildman–Crippen MR) is 118 cm³/mol. The maximum absolute atomic E-state index is 12.6. The third-order valence-corrected chi connectivity index (χ3v) is 6.00. The van der Waals surface area contributed by atoms with Crippen LogP contribution in [0.5, 0.6) is 0 Å². The van der Waals surface area contributed by atoms with Gasteiger partial charge in [-0.15, -0.1) is 0 Å². The number of piperidine rings is 1. The van der Waals surface area contributed by atoms with Crippen LogP contribution in [0.25, 0.3) is 0 Å². The molecule has 1 fully saturated rings. The van der Waals surface area contributed by atoms with Crippen molar-refractivity contribution in [1.29, 1.82) is 0 Å². The smallest absolute Gasteiger partial charge is 0.223 e. The summed E-state index contributed by atoms with van der Waals surface area (Å²) in [5.41, 5.74) is 1.87. The highest BCUT2D eigenvalue weighted by molar-refractivity contribution is 6.30. The molecular formula is C24H29ClN2O3. The average Bonchev–Trinajstić information content (AvgIpc) is 2.78. The van der Waals surface area contributed by atoms with E-state index < -0.39 is 12.1 Å². The molecule has 160 valence electrons. The molecule has 0 aliphatic carbocycles. The summed E-state index contributed by atoms with van der Waals surface area (Å²) < 4.78 is 0. The number of aliphatic hydroxyl groups excluding tert-OH is 1. The van der Waals surface area contributed by atoms with Crippen LogP contribution in [0.15, 0.2) is 54.6 Å². The molecule has 2 aromatic rings. The van der Waals surface area contributed by atoms with Crippen LogP contribution in [0.1, 0.15) is 43.4 Å². The first kappa shape index (κ1) is 22.3. The molecule has 2 atom stereocenters. The van der Waals surface area contributed by atoms with Crippen molar-refractivity contribution in [2.75, 3.05) is 13.1 Å². The quantitative estimate of drug-likeness (QED) is 0.705. The van der Waals surface area contributed by atoms with Crippen molar-refractivity contribution in [2.24, 2.45) is 5.92 Å². The van der Waals surface area contributed by atoms with E-state index in [1.165, 1.54) is 0 Å². The van der Waals surface area contributed by atoms with E-state index in [9.17, 15) is 14.7 Å². The SMILES string of the molecule is C[C@H](NC(=O)C1CCN(C(=O)CCc2ccccc2)CC1)[C@@H](O)c1ccc(Cl)cc1. The summed E-state index contributed by atoms with van der Waals surface area (Å²) in [6.45, 7) is 2.99. The number of rotatable bonds is 7. The fourth-order valence-corrected chi connectivity index (χ4v) is 3.94. The second-order valence-corrected chi connectivity index (χ2v) is 8.37. The number of hydrogen-bond donors (Lipinski definition) is 2. The molecule has 0 spiro atoms. The third-order valence-electron chi connectivity index (χ3n) is 5.74. The first-order chi connectivity index (χ1) is 14.4. The van der Waals surface area contributed by atoms with Gasteiger partial charge in [-0.2, -0.15) is 0 Å². The molecule has 2 N–H and O–H groups in total. The summed E-state index contributed by atoms with van der Waals surface area (Å²) in [6, 6.07) is 16.5. The normalized spacial score (nSPS) is 16.7. The van der Waals surface area contributed by atoms with Crippen molar-refractivity contribution in [3.8, 4) is 0 Å². The molecule has 30 heavy (non-hydrogen) atoms. The van der Waals surface area contributed by atoms with E-state index in [-0.39, 0.29) is 17.7 Å². The number of nitrogens with zero attached hydrogens (tertiary/aromatic N) is 1. The molecule has 2 aromatic carbocycles. The van der Waals surface area contributed by atoms with Gasteiger partial charge in [0.05, 0.1) is 12.1 Å². The van der Waals surface area contributed by atoms with Crippen molar-refractivity contribution >= 4 is 23.4 Å². The van der Waals surface area contributed by atoms with Gasteiger partial charge in [-0.1, -0.05) is 54.1 Å². The van der Waals surface area contributed by atoms with Crippen LogP contribution in [0.3, 0.4) is 0 Å². The van der Waals surface area contributed by atoms with Crippen LogP contribution in [0.2, 0.25) is 5.02 Å². The lowest BCUT2D eigenvalue weighted by Crippen LogP contribution is -2.46. The first-order valence-electron chi connectivity index (χ1n) is 10.5. The van der Waals surface area contributed by atoms with Crippen molar-refractivity contribution in [2.45, 2.75) is 44.8 Å². The molecule has 2 amide bonds. The van der Waals surface area contributed by atoms with Crippen molar-refractivity contribution in [1.82, 2.24) is 10.2 Å². The molecule has 1 heterocycles. The molecule has 0 bridgehead atoms. The average molecular weight is 429 g/mol. The number of amides is 2. The lowest BCUT2D eigenvalue weighted by Gasteiger charge is -2.32. The highest BCUT2D eigenvalue weighted by atomic mass is 35.5. The topological polar surface area (TPSA) is 69.6 Å². The van der Waals surface area contributed by atoms with Gasteiger partial charge < -0.3 is 15.3 Å². The lowest BCUT2D eigenvalue weighted by molar-refractivity contribution is -0.136. The van der Waals surface area contributed by atoms with Gasteiger partial charge in [0.2, 0.25) is 11.8 Å². The summed E-state index contributed by atoms with van der Waals surface area (Å²) >= 11 is 5.89. The molecule has 3 rings (SSSR count). The minimum absolute atomic E-state index is 0.0631. The summed E-state index contributed by atoms with van der Waals surface area (Å²) in [4.78, 5) is 27.0. The first-order valence-corrected chi connectivity index (χ1v) is 10.9. The number of nitrogens with one attached hydrogen (secondary N) is 1. The van der Waals surface area contributed by atoms with Gasteiger partial charge in [-0.3, -0.25) is 9.59 Å². The molecule has 1 aliphatic heterocycles.